The lowest BCUT2D eigenvalue weighted by Gasteiger charge is -2.36. The molecule has 4 heteroatoms. The Kier molecular flexibility index (Phi) is 4.76. The highest BCUT2D eigenvalue weighted by Gasteiger charge is 2.32. The topological polar surface area (TPSA) is 54.0 Å². The SMILES string of the molecule is CNC1(CC(=O)Nc2ccc(C)nc2C)CCCCC1. The summed E-state index contributed by atoms with van der Waals surface area (Å²) in [6, 6.07) is 3.86. The van der Waals surface area contributed by atoms with E-state index >= 15 is 0 Å². The van der Waals surface area contributed by atoms with Crippen LogP contribution in [0.2, 0.25) is 0 Å². The molecule has 110 valence electrons. The Morgan fingerprint density at radius 3 is 2.55 bits per heavy atom. The van der Waals surface area contributed by atoms with Gasteiger partial charge in [0, 0.05) is 17.7 Å². The average Bonchev–Trinajstić information content (AvgIpc) is 2.43. The molecule has 1 fully saturated rings. The fourth-order valence-electron chi connectivity index (χ4n) is 3.06. The third-order valence-electron chi connectivity index (χ3n) is 4.34. The molecule has 20 heavy (non-hydrogen) atoms. The zero-order valence-corrected chi connectivity index (χ0v) is 12.8. The second-order valence-corrected chi connectivity index (χ2v) is 5.90. The van der Waals surface area contributed by atoms with Gasteiger partial charge in [0.15, 0.2) is 0 Å². The quantitative estimate of drug-likeness (QED) is 0.888. The molecule has 0 spiro atoms. The summed E-state index contributed by atoms with van der Waals surface area (Å²) in [5.74, 6) is 0.0787. The highest BCUT2D eigenvalue weighted by molar-refractivity contribution is 5.92. The maximum Gasteiger partial charge on any atom is 0.226 e. The standard InChI is InChI=1S/C16H25N3O/c1-12-7-8-14(13(2)18-12)19-15(20)11-16(17-3)9-5-4-6-10-16/h7-8,17H,4-6,9-11H2,1-3H3,(H,19,20). The van der Waals surface area contributed by atoms with Gasteiger partial charge in [0.05, 0.1) is 11.4 Å². The summed E-state index contributed by atoms with van der Waals surface area (Å²) in [6.45, 7) is 3.88. The third kappa shape index (κ3) is 3.57. The van der Waals surface area contributed by atoms with Crippen LogP contribution in [-0.2, 0) is 4.79 Å². The van der Waals surface area contributed by atoms with Gasteiger partial charge in [-0.3, -0.25) is 9.78 Å². The van der Waals surface area contributed by atoms with Gasteiger partial charge in [-0.15, -0.1) is 0 Å². The largest absolute Gasteiger partial charge is 0.324 e. The number of hydrogen-bond acceptors (Lipinski definition) is 3. The summed E-state index contributed by atoms with van der Waals surface area (Å²) >= 11 is 0. The highest BCUT2D eigenvalue weighted by atomic mass is 16.1. The van der Waals surface area contributed by atoms with Crippen LogP contribution in [0.4, 0.5) is 5.69 Å². The monoisotopic (exact) mass is 275 g/mol. The summed E-state index contributed by atoms with van der Waals surface area (Å²) in [5.41, 5.74) is 2.65. The van der Waals surface area contributed by atoms with Gasteiger partial charge in [0.2, 0.25) is 5.91 Å². The number of carbonyl (C=O) groups excluding carboxylic acids is 1. The van der Waals surface area contributed by atoms with Gasteiger partial charge < -0.3 is 10.6 Å². The van der Waals surface area contributed by atoms with E-state index in [-0.39, 0.29) is 11.4 Å². The van der Waals surface area contributed by atoms with Crippen LogP contribution in [0.5, 0.6) is 0 Å². The maximum absolute atomic E-state index is 12.3. The van der Waals surface area contributed by atoms with Crippen molar-refractivity contribution in [3.05, 3.63) is 23.5 Å². The molecule has 1 amide bonds. The summed E-state index contributed by atoms with van der Waals surface area (Å²) in [4.78, 5) is 16.7. The maximum atomic E-state index is 12.3. The van der Waals surface area contributed by atoms with E-state index in [0.29, 0.717) is 6.42 Å². The van der Waals surface area contributed by atoms with Gasteiger partial charge >= 0.3 is 0 Å². The molecule has 0 aliphatic heterocycles. The first kappa shape index (κ1) is 15.0. The fourth-order valence-corrected chi connectivity index (χ4v) is 3.06. The zero-order chi connectivity index (χ0) is 14.6. The van der Waals surface area contributed by atoms with E-state index in [1.54, 1.807) is 0 Å². The molecule has 2 N–H and O–H groups in total. The number of nitrogens with one attached hydrogen (secondary N) is 2. The molecule has 0 radical (unpaired) electrons. The van der Waals surface area contributed by atoms with E-state index in [1.807, 2.05) is 33.0 Å². The zero-order valence-electron chi connectivity index (χ0n) is 12.8. The van der Waals surface area contributed by atoms with Crippen molar-refractivity contribution in [2.24, 2.45) is 0 Å². The Hall–Kier alpha value is -1.42. The summed E-state index contributed by atoms with van der Waals surface area (Å²) in [7, 11) is 1.97. The lowest BCUT2D eigenvalue weighted by molar-refractivity contribution is -0.117. The van der Waals surface area contributed by atoms with Crippen LogP contribution in [0.25, 0.3) is 0 Å². The van der Waals surface area contributed by atoms with Crippen molar-refractivity contribution in [2.75, 3.05) is 12.4 Å². The predicted octanol–water partition coefficient (Wildman–Crippen LogP) is 2.95. The van der Waals surface area contributed by atoms with Crippen LogP contribution in [-0.4, -0.2) is 23.5 Å². The number of aromatic nitrogens is 1. The van der Waals surface area contributed by atoms with Crippen molar-refractivity contribution >= 4 is 11.6 Å². The van der Waals surface area contributed by atoms with E-state index in [4.69, 9.17) is 0 Å². The van der Waals surface area contributed by atoms with Gasteiger partial charge in [-0.2, -0.15) is 0 Å². The molecule has 1 aromatic heterocycles. The number of nitrogens with zero attached hydrogens (tertiary/aromatic N) is 1. The average molecular weight is 275 g/mol. The Bertz CT molecular complexity index is 479. The summed E-state index contributed by atoms with van der Waals surface area (Å²) < 4.78 is 0. The molecule has 1 aliphatic carbocycles. The Morgan fingerprint density at radius 1 is 1.25 bits per heavy atom. The molecule has 0 bridgehead atoms. The first-order valence-electron chi connectivity index (χ1n) is 7.48. The lowest BCUT2D eigenvalue weighted by Crippen LogP contribution is -2.47. The van der Waals surface area contributed by atoms with Crippen LogP contribution in [0, 0.1) is 13.8 Å². The van der Waals surface area contributed by atoms with Crippen molar-refractivity contribution in [3.63, 3.8) is 0 Å². The molecular weight excluding hydrogens is 250 g/mol. The Balaban J connectivity index is 2.00. The van der Waals surface area contributed by atoms with Crippen LogP contribution in [0.15, 0.2) is 12.1 Å². The smallest absolute Gasteiger partial charge is 0.226 e. The molecule has 0 unspecified atom stereocenters. The number of carbonyl (C=O) groups is 1. The van der Waals surface area contributed by atoms with E-state index in [2.05, 4.69) is 15.6 Å². The predicted molar refractivity (Wildman–Crippen MR) is 81.8 cm³/mol. The number of aryl methyl sites for hydroxylation is 2. The number of anilines is 1. The van der Waals surface area contributed by atoms with Crippen molar-refractivity contribution in [1.82, 2.24) is 10.3 Å². The fraction of sp³-hybridized carbons (Fsp3) is 0.625. The van der Waals surface area contributed by atoms with Crippen LogP contribution < -0.4 is 10.6 Å². The second kappa shape index (κ2) is 6.35. The summed E-state index contributed by atoms with van der Waals surface area (Å²) in [6.07, 6.45) is 6.41. The molecule has 0 atom stereocenters. The molecule has 1 aliphatic rings. The molecule has 1 aromatic rings. The van der Waals surface area contributed by atoms with E-state index in [1.165, 1.54) is 19.3 Å². The van der Waals surface area contributed by atoms with Crippen LogP contribution >= 0.6 is 0 Å². The molecule has 4 nitrogen and oxygen atoms in total. The van der Waals surface area contributed by atoms with E-state index in [9.17, 15) is 4.79 Å². The molecule has 0 saturated heterocycles. The molecule has 1 heterocycles. The minimum atomic E-state index is -0.0195. The van der Waals surface area contributed by atoms with Gasteiger partial charge in [0.1, 0.15) is 0 Å². The minimum Gasteiger partial charge on any atom is -0.324 e. The molecule has 0 aromatic carbocycles. The molecular formula is C16H25N3O. The van der Waals surface area contributed by atoms with Gasteiger partial charge in [-0.05, 0) is 45.9 Å². The Labute approximate surface area is 121 Å². The minimum absolute atomic E-state index is 0.0195. The van der Waals surface area contributed by atoms with Crippen LogP contribution in [0.3, 0.4) is 0 Å². The number of hydrogen-bond donors (Lipinski definition) is 2. The van der Waals surface area contributed by atoms with Gasteiger partial charge in [-0.25, -0.2) is 0 Å². The van der Waals surface area contributed by atoms with E-state index in [0.717, 1.165) is 29.9 Å². The Morgan fingerprint density at radius 2 is 1.95 bits per heavy atom. The van der Waals surface area contributed by atoms with Gasteiger partial charge in [-0.1, -0.05) is 19.3 Å². The first-order valence-corrected chi connectivity index (χ1v) is 7.48. The number of amides is 1. The number of pyridine rings is 1. The highest BCUT2D eigenvalue weighted by Crippen LogP contribution is 2.31. The number of rotatable bonds is 4. The normalized spacial score (nSPS) is 17.8. The third-order valence-corrected chi connectivity index (χ3v) is 4.34. The second-order valence-electron chi connectivity index (χ2n) is 5.90. The van der Waals surface area contributed by atoms with Crippen LogP contribution in [0.1, 0.15) is 49.9 Å². The lowest BCUT2D eigenvalue weighted by atomic mass is 9.79. The first-order chi connectivity index (χ1) is 9.54. The van der Waals surface area contributed by atoms with Crippen molar-refractivity contribution in [2.45, 2.75) is 57.9 Å². The van der Waals surface area contributed by atoms with Crippen molar-refractivity contribution in [1.29, 1.82) is 0 Å². The molecule has 2 rings (SSSR count). The van der Waals surface area contributed by atoms with Crippen molar-refractivity contribution < 1.29 is 4.79 Å². The van der Waals surface area contributed by atoms with Gasteiger partial charge in [0.25, 0.3) is 0 Å². The van der Waals surface area contributed by atoms with E-state index < -0.39 is 0 Å². The van der Waals surface area contributed by atoms with Crippen molar-refractivity contribution in [3.8, 4) is 0 Å². The summed E-state index contributed by atoms with van der Waals surface area (Å²) in [5, 5.41) is 6.38. The molecule has 1 saturated carbocycles.